The molecule has 0 aromatic carbocycles. The van der Waals surface area contributed by atoms with Gasteiger partial charge in [0.05, 0.1) is 11.8 Å². The Bertz CT molecular complexity index is 239. The maximum absolute atomic E-state index is 6.23. The lowest BCUT2D eigenvalue weighted by atomic mass is 9.90. The first-order valence-electron chi connectivity index (χ1n) is 5.64. The summed E-state index contributed by atoms with van der Waals surface area (Å²) in [4.78, 5) is 2.43. The van der Waals surface area contributed by atoms with E-state index in [0.29, 0.717) is 0 Å². The van der Waals surface area contributed by atoms with E-state index < -0.39 is 0 Å². The molecule has 2 fully saturated rings. The van der Waals surface area contributed by atoms with Gasteiger partial charge in [0.15, 0.2) is 0 Å². The number of hydrogen-bond acceptors (Lipinski definition) is 3. The molecule has 3 atom stereocenters. The van der Waals surface area contributed by atoms with Gasteiger partial charge in [0.2, 0.25) is 0 Å². The highest BCUT2D eigenvalue weighted by Crippen LogP contribution is 2.38. The molecular weight excluding hydrogens is 174 g/mol. The quantitative estimate of drug-likeness (QED) is 0.611. The average Bonchev–Trinajstić information content (AvgIpc) is 2.21. The van der Waals surface area contributed by atoms with Gasteiger partial charge in [-0.1, -0.05) is 6.92 Å². The highest BCUT2D eigenvalue weighted by molar-refractivity contribution is 5.04. The molecule has 0 aromatic heterocycles. The molecule has 3 unspecified atom stereocenters. The van der Waals surface area contributed by atoms with Crippen molar-refractivity contribution in [3.63, 3.8) is 0 Å². The smallest absolute Gasteiger partial charge is 0.0703 e. The van der Waals surface area contributed by atoms with E-state index in [1.165, 1.54) is 6.42 Å². The summed E-state index contributed by atoms with van der Waals surface area (Å²) in [5.74, 6) is 0.757. The van der Waals surface area contributed by atoms with E-state index in [-0.39, 0.29) is 17.4 Å². The molecular formula is C11H23N3. The fourth-order valence-corrected chi connectivity index (χ4v) is 3.43. The standard InChI is InChI=1S/C11H23N3/c1-8-5-11(4)13-10(2,3)6-9(12)14(11)7-8/h8-9,13H,5-7,12H2,1-4H3. The number of nitrogens with one attached hydrogen (secondary N) is 1. The van der Waals surface area contributed by atoms with Crippen molar-refractivity contribution >= 4 is 0 Å². The zero-order valence-electron chi connectivity index (χ0n) is 9.80. The maximum atomic E-state index is 6.23. The molecule has 2 saturated heterocycles. The van der Waals surface area contributed by atoms with Crippen LogP contribution in [0.25, 0.3) is 0 Å². The van der Waals surface area contributed by atoms with Crippen LogP contribution < -0.4 is 11.1 Å². The summed E-state index contributed by atoms with van der Waals surface area (Å²) in [7, 11) is 0. The summed E-state index contributed by atoms with van der Waals surface area (Å²) in [6.07, 6.45) is 2.47. The van der Waals surface area contributed by atoms with Gasteiger partial charge < -0.3 is 5.73 Å². The van der Waals surface area contributed by atoms with Gasteiger partial charge in [0, 0.05) is 12.1 Å². The molecule has 3 N–H and O–H groups in total. The van der Waals surface area contributed by atoms with Gasteiger partial charge in [-0.15, -0.1) is 0 Å². The molecule has 3 nitrogen and oxygen atoms in total. The zero-order chi connectivity index (χ0) is 10.6. The lowest BCUT2D eigenvalue weighted by Gasteiger charge is -2.51. The van der Waals surface area contributed by atoms with Crippen molar-refractivity contribution in [2.24, 2.45) is 11.7 Å². The lowest BCUT2D eigenvalue weighted by molar-refractivity contribution is -0.0138. The predicted molar refractivity (Wildman–Crippen MR) is 58.7 cm³/mol. The number of hydrogen-bond donors (Lipinski definition) is 2. The van der Waals surface area contributed by atoms with E-state index in [2.05, 4.69) is 37.9 Å². The second kappa shape index (κ2) is 2.94. The van der Waals surface area contributed by atoms with E-state index in [9.17, 15) is 0 Å². The van der Waals surface area contributed by atoms with Gasteiger partial charge in [0.25, 0.3) is 0 Å². The fraction of sp³-hybridized carbons (Fsp3) is 1.00. The molecule has 0 spiro atoms. The van der Waals surface area contributed by atoms with Crippen LogP contribution >= 0.6 is 0 Å². The highest BCUT2D eigenvalue weighted by atomic mass is 15.4. The SMILES string of the molecule is CC1CN2C(N)CC(C)(C)NC2(C)C1. The Balaban J connectivity index is 2.23. The molecule has 0 amide bonds. The van der Waals surface area contributed by atoms with Crippen molar-refractivity contribution in [2.75, 3.05) is 6.54 Å². The first-order valence-corrected chi connectivity index (χ1v) is 5.64. The van der Waals surface area contributed by atoms with Gasteiger partial charge >= 0.3 is 0 Å². The van der Waals surface area contributed by atoms with Crippen LogP contribution in [0.3, 0.4) is 0 Å². The third kappa shape index (κ3) is 1.58. The van der Waals surface area contributed by atoms with Crippen molar-refractivity contribution in [1.82, 2.24) is 10.2 Å². The van der Waals surface area contributed by atoms with Crippen LogP contribution in [0, 0.1) is 5.92 Å². The minimum atomic E-state index is 0.126. The maximum Gasteiger partial charge on any atom is 0.0703 e. The van der Waals surface area contributed by atoms with E-state index >= 15 is 0 Å². The van der Waals surface area contributed by atoms with Crippen molar-refractivity contribution in [3.8, 4) is 0 Å². The van der Waals surface area contributed by atoms with Crippen molar-refractivity contribution in [2.45, 2.75) is 57.9 Å². The van der Waals surface area contributed by atoms with Crippen LogP contribution in [0.1, 0.15) is 40.5 Å². The minimum absolute atomic E-state index is 0.126. The molecule has 2 rings (SSSR count). The normalized spacial score (nSPS) is 47.8. The molecule has 3 heteroatoms. The summed E-state index contributed by atoms with van der Waals surface area (Å²) in [5.41, 5.74) is 6.53. The van der Waals surface area contributed by atoms with Crippen LogP contribution in [-0.4, -0.2) is 28.8 Å². The Kier molecular flexibility index (Phi) is 2.18. The fourth-order valence-electron chi connectivity index (χ4n) is 3.43. The summed E-state index contributed by atoms with van der Waals surface area (Å²) in [6.45, 7) is 10.2. The Labute approximate surface area is 87.0 Å². The van der Waals surface area contributed by atoms with Crippen molar-refractivity contribution in [1.29, 1.82) is 0 Å². The van der Waals surface area contributed by atoms with Crippen LogP contribution in [-0.2, 0) is 0 Å². The molecule has 2 aliphatic rings. The van der Waals surface area contributed by atoms with E-state index in [4.69, 9.17) is 5.73 Å². The predicted octanol–water partition coefficient (Wildman–Crippen LogP) is 1.10. The Morgan fingerprint density at radius 3 is 2.57 bits per heavy atom. The average molecular weight is 197 g/mol. The van der Waals surface area contributed by atoms with Gasteiger partial charge in [0.1, 0.15) is 0 Å². The van der Waals surface area contributed by atoms with Gasteiger partial charge in [-0.2, -0.15) is 0 Å². The Hall–Kier alpha value is -0.120. The van der Waals surface area contributed by atoms with Crippen molar-refractivity contribution in [3.05, 3.63) is 0 Å². The van der Waals surface area contributed by atoms with E-state index in [1.807, 2.05) is 0 Å². The highest BCUT2D eigenvalue weighted by Gasteiger charge is 2.49. The second-order valence-electron chi connectivity index (χ2n) is 6.02. The number of nitrogens with zero attached hydrogens (tertiary/aromatic N) is 1. The minimum Gasteiger partial charge on any atom is -0.316 e. The molecule has 0 saturated carbocycles. The lowest BCUT2D eigenvalue weighted by Crippen LogP contribution is -2.70. The van der Waals surface area contributed by atoms with Gasteiger partial charge in [-0.3, -0.25) is 10.2 Å². The molecule has 0 radical (unpaired) electrons. The molecule has 0 aliphatic carbocycles. The van der Waals surface area contributed by atoms with Crippen LogP contribution in [0.15, 0.2) is 0 Å². The molecule has 14 heavy (non-hydrogen) atoms. The summed E-state index contributed by atoms with van der Waals surface area (Å²) >= 11 is 0. The third-order valence-corrected chi connectivity index (χ3v) is 3.62. The monoisotopic (exact) mass is 197 g/mol. The molecule has 82 valence electrons. The number of fused-ring (bicyclic) bond motifs is 1. The Morgan fingerprint density at radius 1 is 1.29 bits per heavy atom. The first kappa shape index (κ1) is 10.4. The van der Waals surface area contributed by atoms with Crippen LogP contribution in [0.5, 0.6) is 0 Å². The Morgan fingerprint density at radius 2 is 1.93 bits per heavy atom. The first-order chi connectivity index (χ1) is 6.32. The van der Waals surface area contributed by atoms with Crippen molar-refractivity contribution < 1.29 is 0 Å². The van der Waals surface area contributed by atoms with E-state index in [0.717, 1.165) is 18.9 Å². The van der Waals surface area contributed by atoms with Gasteiger partial charge in [-0.05, 0) is 39.5 Å². The second-order valence-corrected chi connectivity index (χ2v) is 6.02. The van der Waals surface area contributed by atoms with Gasteiger partial charge in [-0.25, -0.2) is 0 Å². The zero-order valence-corrected chi connectivity index (χ0v) is 9.80. The third-order valence-electron chi connectivity index (χ3n) is 3.62. The molecule has 0 bridgehead atoms. The van der Waals surface area contributed by atoms with E-state index in [1.54, 1.807) is 0 Å². The summed E-state index contributed by atoms with van der Waals surface area (Å²) < 4.78 is 0. The number of nitrogens with two attached hydrogens (primary N) is 1. The summed E-state index contributed by atoms with van der Waals surface area (Å²) in [5, 5.41) is 3.74. The largest absolute Gasteiger partial charge is 0.316 e. The van der Waals surface area contributed by atoms with Crippen LogP contribution in [0.4, 0.5) is 0 Å². The number of rotatable bonds is 0. The molecule has 0 aromatic rings. The van der Waals surface area contributed by atoms with Crippen LogP contribution in [0.2, 0.25) is 0 Å². The topological polar surface area (TPSA) is 41.3 Å². The molecule has 2 heterocycles. The summed E-state index contributed by atoms with van der Waals surface area (Å²) in [6, 6.07) is 0. The molecule has 2 aliphatic heterocycles.